The minimum Gasteiger partial charge on any atom is -0.319 e. The van der Waals surface area contributed by atoms with Crippen molar-refractivity contribution in [2.75, 3.05) is 5.32 Å². The Morgan fingerprint density at radius 1 is 1.07 bits per heavy atom. The molecule has 146 valence electrons. The number of fused-ring (bicyclic) bond motifs is 1. The van der Waals surface area contributed by atoms with Crippen molar-refractivity contribution in [1.29, 1.82) is 0 Å². The lowest BCUT2D eigenvalue weighted by atomic mass is 10.3. The molecule has 0 radical (unpaired) electrons. The molecule has 3 heterocycles. The Morgan fingerprint density at radius 2 is 1.93 bits per heavy atom. The summed E-state index contributed by atoms with van der Waals surface area (Å²) in [5, 5.41) is 6.92. The van der Waals surface area contributed by atoms with Crippen LogP contribution in [0.3, 0.4) is 0 Å². The van der Waals surface area contributed by atoms with Gasteiger partial charge in [0, 0.05) is 12.6 Å². The van der Waals surface area contributed by atoms with Gasteiger partial charge in [-0.3, -0.25) is 14.2 Å². The molecule has 4 aromatic rings. The normalized spacial score (nSPS) is 10.9. The van der Waals surface area contributed by atoms with Crippen molar-refractivity contribution in [1.82, 2.24) is 24.3 Å². The predicted molar refractivity (Wildman–Crippen MR) is 110 cm³/mol. The van der Waals surface area contributed by atoms with Crippen LogP contribution in [0.2, 0.25) is 0 Å². The molecule has 0 bridgehead atoms. The van der Waals surface area contributed by atoms with Crippen molar-refractivity contribution in [2.24, 2.45) is 0 Å². The standard InChI is InChI=1S/C21H20N6O2/c1-2-3-12-27-20(28)11-9-17(25-27)21(29)24-15-8-10-19(22-13-15)26-14-23-16-6-4-5-7-18(16)26/h4-11,13-14H,2-3,12H2,1H3,(H,24,29). The SMILES string of the molecule is CCCCn1nc(C(=O)Nc2ccc(-n3cnc4ccccc43)nc2)ccc1=O. The summed E-state index contributed by atoms with van der Waals surface area (Å²) in [6, 6.07) is 14.2. The smallest absolute Gasteiger partial charge is 0.276 e. The molecule has 3 aromatic heterocycles. The van der Waals surface area contributed by atoms with Gasteiger partial charge in [-0.15, -0.1) is 0 Å². The van der Waals surface area contributed by atoms with Crippen molar-refractivity contribution < 1.29 is 4.79 Å². The number of aromatic nitrogens is 5. The van der Waals surface area contributed by atoms with Crippen molar-refractivity contribution >= 4 is 22.6 Å². The van der Waals surface area contributed by atoms with Gasteiger partial charge in [0.1, 0.15) is 17.8 Å². The number of aryl methyl sites for hydroxylation is 1. The molecule has 1 aromatic carbocycles. The van der Waals surface area contributed by atoms with Crippen LogP contribution >= 0.6 is 0 Å². The van der Waals surface area contributed by atoms with E-state index in [4.69, 9.17) is 0 Å². The Hall–Kier alpha value is -3.81. The number of imidazole rings is 1. The Labute approximate surface area is 166 Å². The van der Waals surface area contributed by atoms with E-state index in [1.54, 1.807) is 24.7 Å². The van der Waals surface area contributed by atoms with Gasteiger partial charge in [0.2, 0.25) is 0 Å². The first-order valence-corrected chi connectivity index (χ1v) is 9.44. The van der Waals surface area contributed by atoms with E-state index in [1.807, 2.05) is 35.8 Å². The molecule has 1 N–H and O–H groups in total. The van der Waals surface area contributed by atoms with E-state index < -0.39 is 5.91 Å². The van der Waals surface area contributed by atoms with Crippen LogP contribution in [0.15, 0.2) is 65.8 Å². The molecule has 29 heavy (non-hydrogen) atoms. The molecular weight excluding hydrogens is 368 g/mol. The molecule has 0 saturated carbocycles. The van der Waals surface area contributed by atoms with E-state index in [0.717, 1.165) is 23.9 Å². The summed E-state index contributed by atoms with van der Waals surface area (Å²) in [6.45, 7) is 2.52. The molecule has 0 spiro atoms. The van der Waals surface area contributed by atoms with Crippen LogP contribution in [0.5, 0.6) is 0 Å². The third-order valence-electron chi connectivity index (χ3n) is 4.53. The molecule has 0 saturated heterocycles. The molecule has 0 fully saturated rings. The summed E-state index contributed by atoms with van der Waals surface area (Å²) >= 11 is 0. The molecule has 1 amide bonds. The van der Waals surface area contributed by atoms with Crippen molar-refractivity contribution in [3.8, 4) is 5.82 Å². The van der Waals surface area contributed by atoms with Crippen LogP contribution in [-0.4, -0.2) is 30.2 Å². The lowest BCUT2D eigenvalue weighted by molar-refractivity contribution is 0.101. The van der Waals surface area contributed by atoms with Crippen LogP contribution < -0.4 is 10.9 Å². The maximum absolute atomic E-state index is 12.5. The maximum Gasteiger partial charge on any atom is 0.276 e. The zero-order chi connectivity index (χ0) is 20.2. The number of benzene rings is 1. The molecule has 4 rings (SSSR count). The van der Waals surface area contributed by atoms with E-state index in [0.29, 0.717) is 18.1 Å². The molecule has 0 aliphatic heterocycles. The highest BCUT2D eigenvalue weighted by Crippen LogP contribution is 2.17. The molecule has 8 nitrogen and oxygen atoms in total. The molecule has 0 aliphatic carbocycles. The van der Waals surface area contributed by atoms with E-state index in [2.05, 4.69) is 20.4 Å². The monoisotopic (exact) mass is 388 g/mol. The van der Waals surface area contributed by atoms with Gasteiger partial charge in [0.25, 0.3) is 11.5 Å². The van der Waals surface area contributed by atoms with Gasteiger partial charge in [-0.2, -0.15) is 5.10 Å². The second kappa shape index (κ2) is 8.05. The minimum atomic E-state index is -0.391. The number of carbonyl (C=O) groups excluding carboxylic acids is 1. The van der Waals surface area contributed by atoms with E-state index in [1.165, 1.54) is 16.8 Å². The van der Waals surface area contributed by atoms with E-state index in [-0.39, 0.29) is 11.3 Å². The third kappa shape index (κ3) is 3.91. The number of nitrogens with zero attached hydrogens (tertiary/aromatic N) is 5. The average molecular weight is 388 g/mol. The number of amides is 1. The minimum absolute atomic E-state index is 0.186. The van der Waals surface area contributed by atoms with Crippen LogP contribution in [0.25, 0.3) is 16.9 Å². The fourth-order valence-corrected chi connectivity index (χ4v) is 2.98. The summed E-state index contributed by atoms with van der Waals surface area (Å²) in [7, 11) is 0. The number of nitrogens with one attached hydrogen (secondary N) is 1. The maximum atomic E-state index is 12.5. The van der Waals surface area contributed by atoms with Crippen molar-refractivity contribution in [2.45, 2.75) is 26.3 Å². The summed E-state index contributed by atoms with van der Waals surface area (Å²) < 4.78 is 3.20. The van der Waals surface area contributed by atoms with Crippen molar-refractivity contribution in [3.05, 3.63) is 77.1 Å². The van der Waals surface area contributed by atoms with Gasteiger partial charge in [0.15, 0.2) is 0 Å². The number of anilines is 1. The third-order valence-corrected chi connectivity index (χ3v) is 4.53. The van der Waals surface area contributed by atoms with Gasteiger partial charge in [-0.25, -0.2) is 14.6 Å². The highest BCUT2D eigenvalue weighted by Gasteiger charge is 2.11. The number of carbonyl (C=O) groups is 1. The molecule has 0 atom stereocenters. The van der Waals surface area contributed by atoms with E-state index in [9.17, 15) is 9.59 Å². The van der Waals surface area contributed by atoms with Gasteiger partial charge in [0.05, 0.1) is 22.9 Å². The number of hydrogen-bond acceptors (Lipinski definition) is 5. The summed E-state index contributed by atoms with van der Waals surface area (Å²) in [5.74, 6) is 0.306. The summed E-state index contributed by atoms with van der Waals surface area (Å²) in [6.07, 6.45) is 5.06. The number of unbranched alkanes of at least 4 members (excludes halogenated alkanes) is 1. The number of hydrogen-bond donors (Lipinski definition) is 1. The van der Waals surface area contributed by atoms with Gasteiger partial charge in [-0.05, 0) is 36.8 Å². The first-order chi connectivity index (χ1) is 14.2. The van der Waals surface area contributed by atoms with Gasteiger partial charge >= 0.3 is 0 Å². The lowest BCUT2D eigenvalue weighted by Crippen LogP contribution is -2.26. The Kier molecular flexibility index (Phi) is 5.15. The van der Waals surface area contributed by atoms with Gasteiger partial charge in [-0.1, -0.05) is 25.5 Å². The topological polar surface area (TPSA) is 94.7 Å². The highest BCUT2D eigenvalue weighted by atomic mass is 16.2. The second-order valence-electron chi connectivity index (χ2n) is 6.60. The zero-order valence-corrected chi connectivity index (χ0v) is 15.9. The number of rotatable bonds is 6. The second-order valence-corrected chi connectivity index (χ2v) is 6.60. The summed E-state index contributed by atoms with van der Waals surface area (Å²) in [5.41, 5.74) is 2.35. The highest BCUT2D eigenvalue weighted by molar-refractivity contribution is 6.02. The molecule has 8 heteroatoms. The number of pyridine rings is 1. The fourth-order valence-electron chi connectivity index (χ4n) is 2.98. The van der Waals surface area contributed by atoms with Gasteiger partial charge < -0.3 is 5.32 Å². The largest absolute Gasteiger partial charge is 0.319 e. The molecule has 0 unspecified atom stereocenters. The number of para-hydroxylation sites is 2. The van der Waals surface area contributed by atoms with Crippen molar-refractivity contribution in [3.63, 3.8) is 0 Å². The average Bonchev–Trinajstić information content (AvgIpc) is 3.18. The lowest BCUT2D eigenvalue weighted by Gasteiger charge is -2.08. The zero-order valence-electron chi connectivity index (χ0n) is 15.9. The molecule has 0 aliphatic rings. The Morgan fingerprint density at radius 3 is 2.72 bits per heavy atom. The predicted octanol–water partition coefficient (Wildman–Crippen LogP) is 3.03. The van der Waals surface area contributed by atoms with Crippen LogP contribution in [0.1, 0.15) is 30.3 Å². The Bertz CT molecular complexity index is 1210. The first kappa shape index (κ1) is 18.5. The van der Waals surface area contributed by atoms with Crippen LogP contribution in [-0.2, 0) is 6.54 Å². The van der Waals surface area contributed by atoms with Crippen LogP contribution in [0.4, 0.5) is 5.69 Å². The summed E-state index contributed by atoms with van der Waals surface area (Å²) in [4.78, 5) is 33.1. The Balaban J connectivity index is 1.52. The fraction of sp³-hybridized carbons (Fsp3) is 0.190. The quantitative estimate of drug-likeness (QED) is 0.548. The van der Waals surface area contributed by atoms with E-state index >= 15 is 0 Å². The molecular formula is C21H20N6O2. The van der Waals surface area contributed by atoms with Crippen LogP contribution in [0, 0.1) is 0 Å². The first-order valence-electron chi connectivity index (χ1n) is 9.44.